The topological polar surface area (TPSA) is 0 Å². The number of rotatable bonds is 1. The summed E-state index contributed by atoms with van der Waals surface area (Å²) in [5.74, 6) is 0.839. The van der Waals surface area contributed by atoms with Crippen LogP contribution in [0.3, 0.4) is 0 Å². The monoisotopic (exact) mass is 198 g/mol. The maximum Gasteiger partial charge on any atom is 0.0104 e. The Labute approximate surface area is 53.5 Å². The number of alkyl halides is 1. The standard InChI is InChI=1S/C5H11I/c1-4(2)5(3)6/h4-5H,1-3H3. The molecule has 0 amide bonds. The highest BCUT2D eigenvalue weighted by atomic mass is 127. The molecule has 0 aromatic heterocycles. The minimum absolute atomic E-state index is 0.822. The van der Waals surface area contributed by atoms with Crippen LogP contribution in [0.15, 0.2) is 0 Å². The smallest absolute Gasteiger partial charge is 0.0104 e. The summed E-state index contributed by atoms with van der Waals surface area (Å²) in [6.45, 7) is 6.69. The van der Waals surface area contributed by atoms with E-state index in [2.05, 4.69) is 43.4 Å². The van der Waals surface area contributed by atoms with E-state index in [1.807, 2.05) is 0 Å². The minimum atomic E-state index is 0.822. The van der Waals surface area contributed by atoms with E-state index in [0.717, 1.165) is 9.84 Å². The van der Waals surface area contributed by atoms with Gasteiger partial charge >= 0.3 is 0 Å². The summed E-state index contributed by atoms with van der Waals surface area (Å²) in [7, 11) is 0. The molecule has 0 radical (unpaired) electrons. The molecule has 0 N–H and O–H groups in total. The number of hydrogen-bond acceptors (Lipinski definition) is 0. The molecule has 0 spiro atoms. The van der Waals surface area contributed by atoms with Crippen LogP contribution in [0.4, 0.5) is 0 Å². The van der Waals surface area contributed by atoms with Gasteiger partial charge in [0.15, 0.2) is 0 Å². The van der Waals surface area contributed by atoms with Crippen LogP contribution in [0.1, 0.15) is 20.8 Å². The fraction of sp³-hybridized carbons (Fsp3) is 1.00. The first kappa shape index (κ1) is 6.73. The van der Waals surface area contributed by atoms with Crippen LogP contribution >= 0.6 is 22.6 Å². The van der Waals surface area contributed by atoms with Gasteiger partial charge in [-0.1, -0.05) is 43.4 Å². The molecule has 1 unspecified atom stereocenters. The zero-order valence-electron chi connectivity index (χ0n) is 4.53. The number of halogens is 1. The third-order valence-electron chi connectivity index (χ3n) is 0.919. The Kier molecular flexibility index (Phi) is 3.17. The van der Waals surface area contributed by atoms with E-state index in [4.69, 9.17) is 0 Å². The van der Waals surface area contributed by atoms with Crippen LogP contribution in [0.25, 0.3) is 0 Å². The molecule has 1 atom stereocenters. The van der Waals surface area contributed by atoms with E-state index < -0.39 is 0 Å². The van der Waals surface area contributed by atoms with Crippen LogP contribution in [-0.4, -0.2) is 3.92 Å². The second-order valence-corrected chi connectivity index (χ2v) is 3.89. The molecule has 0 aromatic carbocycles. The van der Waals surface area contributed by atoms with Crippen molar-refractivity contribution in [3.8, 4) is 0 Å². The predicted octanol–water partition coefficient (Wildman–Crippen LogP) is 2.47. The van der Waals surface area contributed by atoms with Gasteiger partial charge in [0, 0.05) is 3.92 Å². The van der Waals surface area contributed by atoms with Crippen molar-refractivity contribution >= 4 is 22.6 Å². The third kappa shape index (κ3) is 2.94. The Morgan fingerprint density at radius 1 is 1.17 bits per heavy atom. The lowest BCUT2D eigenvalue weighted by molar-refractivity contribution is 0.661. The first-order valence-corrected chi connectivity index (χ1v) is 3.53. The Bertz CT molecular complexity index is 24.9. The average molecular weight is 198 g/mol. The molecule has 0 bridgehead atoms. The normalized spacial score (nSPS) is 15.5. The zero-order valence-corrected chi connectivity index (χ0v) is 6.69. The van der Waals surface area contributed by atoms with Crippen molar-refractivity contribution in [1.82, 2.24) is 0 Å². The van der Waals surface area contributed by atoms with Gasteiger partial charge in [-0.15, -0.1) is 0 Å². The molecule has 38 valence electrons. The quantitative estimate of drug-likeness (QED) is 0.448. The molecule has 0 saturated carbocycles. The Morgan fingerprint density at radius 3 is 1.33 bits per heavy atom. The highest BCUT2D eigenvalue weighted by molar-refractivity contribution is 14.1. The molecule has 0 saturated heterocycles. The van der Waals surface area contributed by atoms with Gasteiger partial charge in [-0.05, 0) is 5.92 Å². The SMILES string of the molecule is CC(C)C(C)I. The second kappa shape index (κ2) is 2.83. The van der Waals surface area contributed by atoms with Gasteiger partial charge in [0.1, 0.15) is 0 Å². The van der Waals surface area contributed by atoms with Gasteiger partial charge in [-0.2, -0.15) is 0 Å². The van der Waals surface area contributed by atoms with Gasteiger partial charge in [0.25, 0.3) is 0 Å². The summed E-state index contributed by atoms with van der Waals surface area (Å²) in [5.41, 5.74) is 0. The zero-order chi connectivity index (χ0) is 5.15. The predicted molar refractivity (Wildman–Crippen MR) is 38.3 cm³/mol. The van der Waals surface area contributed by atoms with E-state index in [-0.39, 0.29) is 0 Å². The van der Waals surface area contributed by atoms with E-state index in [0.29, 0.717) is 0 Å². The van der Waals surface area contributed by atoms with Crippen LogP contribution in [0.2, 0.25) is 0 Å². The molecule has 0 aromatic rings. The van der Waals surface area contributed by atoms with E-state index in [9.17, 15) is 0 Å². The molecule has 0 nitrogen and oxygen atoms in total. The van der Waals surface area contributed by atoms with Crippen LogP contribution in [0.5, 0.6) is 0 Å². The molecule has 6 heavy (non-hydrogen) atoms. The van der Waals surface area contributed by atoms with Crippen molar-refractivity contribution in [1.29, 1.82) is 0 Å². The van der Waals surface area contributed by atoms with E-state index in [1.165, 1.54) is 0 Å². The lowest BCUT2D eigenvalue weighted by Gasteiger charge is -2.03. The fourth-order valence-electron chi connectivity index (χ4n) is 0. The maximum atomic E-state index is 2.43. The summed E-state index contributed by atoms with van der Waals surface area (Å²) >= 11 is 2.43. The van der Waals surface area contributed by atoms with Gasteiger partial charge < -0.3 is 0 Å². The highest BCUT2D eigenvalue weighted by Crippen LogP contribution is 2.09. The Balaban J connectivity index is 2.99. The molecule has 0 heterocycles. The Morgan fingerprint density at radius 2 is 1.33 bits per heavy atom. The summed E-state index contributed by atoms with van der Waals surface area (Å²) in [6.07, 6.45) is 0. The summed E-state index contributed by atoms with van der Waals surface area (Å²) in [4.78, 5) is 0. The molecule has 0 rings (SSSR count). The molecule has 1 heteroatoms. The van der Waals surface area contributed by atoms with Crippen molar-refractivity contribution in [3.63, 3.8) is 0 Å². The number of hydrogen-bond donors (Lipinski definition) is 0. The molecular formula is C5H11I. The van der Waals surface area contributed by atoms with Crippen molar-refractivity contribution < 1.29 is 0 Å². The van der Waals surface area contributed by atoms with Crippen molar-refractivity contribution in [2.45, 2.75) is 24.7 Å². The largest absolute Gasteiger partial charge is 0.0826 e. The van der Waals surface area contributed by atoms with E-state index in [1.54, 1.807) is 0 Å². The van der Waals surface area contributed by atoms with Gasteiger partial charge in [0.05, 0.1) is 0 Å². The van der Waals surface area contributed by atoms with Crippen LogP contribution in [0, 0.1) is 5.92 Å². The van der Waals surface area contributed by atoms with Gasteiger partial charge in [-0.3, -0.25) is 0 Å². The lowest BCUT2D eigenvalue weighted by atomic mass is 10.2. The first-order valence-electron chi connectivity index (χ1n) is 2.28. The third-order valence-corrected chi connectivity index (χ3v) is 2.36. The van der Waals surface area contributed by atoms with Crippen molar-refractivity contribution in [2.75, 3.05) is 0 Å². The van der Waals surface area contributed by atoms with Gasteiger partial charge in [-0.25, -0.2) is 0 Å². The molecule has 0 fully saturated rings. The van der Waals surface area contributed by atoms with Crippen molar-refractivity contribution in [2.24, 2.45) is 5.92 Å². The van der Waals surface area contributed by atoms with Crippen LogP contribution in [-0.2, 0) is 0 Å². The highest BCUT2D eigenvalue weighted by Gasteiger charge is 1.97. The van der Waals surface area contributed by atoms with Crippen LogP contribution < -0.4 is 0 Å². The minimum Gasteiger partial charge on any atom is -0.0826 e. The molecule has 0 aliphatic rings. The summed E-state index contributed by atoms with van der Waals surface area (Å²) in [6, 6.07) is 0. The molecule has 0 aliphatic heterocycles. The molecule has 0 aliphatic carbocycles. The van der Waals surface area contributed by atoms with E-state index >= 15 is 0 Å². The fourth-order valence-corrected chi connectivity index (χ4v) is 0. The summed E-state index contributed by atoms with van der Waals surface area (Å²) < 4.78 is 0.822. The Hall–Kier alpha value is 0.730. The second-order valence-electron chi connectivity index (χ2n) is 1.92. The lowest BCUT2D eigenvalue weighted by Crippen LogP contribution is -1.98. The first-order chi connectivity index (χ1) is 2.64. The maximum absolute atomic E-state index is 2.43. The average Bonchev–Trinajstić information content (AvgIpc) is 1.36. The van der Waals surface area contributed by atoms with Crippen molar-refractivity contribution in [3.05, 3.63) is 0 Å². The summed E-state index contributed by atoms with van der Waals surface area (Å²) in [5, 5.41) is 0. The van der Waals surface area contributed by atoms with Gasteiger partial charge in [0.2, 0.25) is 0 Å². The molecular weight excluding hydrogens is 187 g/mol.